The van der Waals surface area contributed by atoms with Crippen molar-refractivity contribution < 1.29 is 0 Å². The van der Waals surface area contributed by atoms with Gasteiger partial charge < -0.3 is 0 Å². The van der Waals surface area contributed by atoms with Gasteiger partial charge in [-0.15, -0.1) is 0 Å². The molecular weight excluding hydrogens is 136 g/mol. The third-order valence-electron chi connectivity index (χ3n) is 1.69. The van der Waals surface area contributed by atoms with Gasteiger partial charge in [-0.2, -0.15) is 5.10 Å². The molecular formula is C9H9N2. The van der Waals surface area contributed by atoms with Crippen LogP contribution in [0.25, 0.3) is 10.9 Å². The molecule has 2 heteroatoms. The summed E-state index contributed by atoms with van der Waals surface area (Å²) in [5.74, 6) is 0. The first kappa shape index (κ1) is 6.40. The van der Waals surface area contributed by atoms with Gasteiger partial charge in [0.15, 0.2) is 0 Å². The van der Waals surface area contributed by atoms with E-state index in [0.29, 0.717) is 6.54 Å². The van der Waals surface area contributed by atoms with E-state index in [1.807, 2.05) is 29.1 Å². The van der Waals surface area contributed by atoms with Crippen molar-refractivity contribution in [3.8, 4) is 0 Å². The Balaban J connectivity index is 2.69. The van der Waals surface area contributed by atoms with Crippen molar-refractivity contribution in [2.75, 3.05) is 0 Å². The number of hydrogen-bond donors (Lipinski definition) is 0. The van der Waals surface area contributed by atoms with Gasteiger partial charge in [0, 0.05) is 18.1 Å². The summed E-state index contributed by atoms with van der Waals surface area (Å²) in [6, 6.07) is 8.05. The van der Waals surface area contributed by atoms with Gasteiger partial charge in [0.25, 0.3) is 0 Å². The summed E-state index contributed by atoms with van der Waals surface area (Å²) in [7, 11) is 0. The Kier molecular flexibility index (Phi) is 1.39. The monoisotopic (exact) mass is 145 g/mol. The highest BCUT2D eigenvalue weighted by Gasteiger charge is 1.95. The van der Waals surface area contributed by atoms with Crippen molar-refractivity contribution in [2.45, 2.75) is 6.54 Å². The first-order valence-electron chi connectivity index (χ1n) is 3.61. The highest BCUT2D eigenvalue weighted by atomic mass is 15.3. The van der Waals surface area contributed by atoms with Gasteiger partial charge >= 0.3 is 0 Å². The van der Waals surface area contributed by atoms with Crippen LogP contribution in [0.2, 0.25) is 0 Å². The second-order valence-electron chi connectivity index (χ2n) is 2.45. The molecule has 0 fully saturated rings. The molecule has 0 saturated heterocycles. The molecule has 2 rings (SSSR count). The SMILES string of the molecule is [CH2]Cn1cc2ccccc2n1. The predicted molar refractivity (Wildman–Crippen MR) is 45.1 cm³/mol. The van der Waals surface area contributed by atoms with Crippen molar-refractivity contribution >= 4 is 10.9 Å². The van der Waals surface area contributed by atoms with Gasteiger partial charge in [0.2, 0.25) is 0 Å². The summed E-state index contributed by atoms with van der Waals surface area (Å²) in [5, 5.41) is 5.46. The zero-order chi connectivity index (χ0) is 7.68. The molecule has 1 heterocycles. The molecule has 0 aliphatic heterocycles. The minimum Gasteiger partial charge on any atom is -0.272 e. The van der Waals surface area contributed by atoms with Crippen molar-refractivity contribution in [3.05, 3.63) is 37.4 Å². The third kappa shape index (κ3) is 1.00. The molecule has 1 aromatic heterocycles. The van der Waals surface area contributed by atoms with E-state index in [1.54, 1.807) is 0 Å². The number of nitrogens with zero attached hydrogens (tertiary/aromatic N) is 2. The maximum absolute atomic E-state index is 4.29. The lowest BCUT2D eigenvalue weighted by atomic mass is 10.3. The molecule has 0 aliphatic rings. The summed E-state index contributed by atoms with van der Waals surface area (Å²) >= 11 is 0. The Morgan fingerprint density at radius 3 is 2.91 bits per heavy atom. The van der Waals surface area contributed by atoms with E-state index < -0.39 is 0 Å². The Morgan fingerprint density at radius 2 is 2.18 bits per heavy atom. The Morgan fingerprint density at radius 1 is 1.36 bits per heavy atom. The molecule has 11 heavy (non-hydrogen) atoms. The van der Waals surface area contributed by atoms with Crippen molar-refractivity contribution in [2.24, 2.45) is 0 Å². The summed E-state index contributed by atoms with van der Waals surface area (Å²) in [6.45, 7) is 4.44. The van der Waals surface area contributed by atoms with Crippen LogP contribution in [0.1, 0.15) is 0 Å². The first-order chi connectivity index (χ1) is 5.40. The molecule has 55 valence electrons. The fourth-order valence-electron chi connectivity index (χ4n) is 1.13. The third-order valence-corrected chi connectivity index (χ3v) is 1.69. The maximum atomic E-state index is 4.29. The minimum atomic E-state index is 0.689. The normalized spacial score (nSPS) is 10.6. The van der Waals surface area contributed by atoms with Crippen LogP contribution in [-0.2, 0) is 6.54 Å². The average molecular weight is 145 g/mol. The zero-order valence-corrected chi connectivity index (χ0v) is 6.20. The fourth-order valence-corrected chi connectivity index (χ4v) is 1.13. The van der Waals surface area contributed by atoms with Gasteiger partial charge in [-0.25, -0.2) is 0 Å². The Bertz CT molecular complexity index is 329. The van der Waals surface area contributed by atoms with Gasteiger partial charge in [0.1, 0.15) is 0 Å². The second kappa shape index (κ2) is 2.38. The molecule has 1 radical (unpaired) electrons. The van der Waals surface area contributed by atoms with Crippen LogP contribution in [0.15, 0.2) is 30.5 Å². The second-order valence-corrected chi connectivity index (χ2v) is 2.45. The van der Waals surface area contributed by atoms with Gasteiger partial charge in [-0.3, -0.25) is 4.68 Å². The molecule has 2 aromatic rings. The molecule has 0 unspecified atom stereocenters. The van der Waals surface area contributed by atoms with Crippen LogP contribution in [0.4, 0.5) is 0 Å². The number of hydrogen-bond acceptors (Lipinski definition) is 1. The predicted octanol–water partition coefficient (Wildman–Crippen LogP) is 1.87. The van der Waals surface area contributed by atoms with Gasteiger partial charge in [0.05, 0.1) is 5.52 Å². The first-order valence-corrected chi connectivity index (χ1v) is 3.61. The van der Waals surface area contributed by atoms with E-state index >= 15 is 0 Å². The van der Waals surface area contributed by atoms with E-state index in [4.69, 9.17) is 0 Å². The van der Waals surface area contributed by atoms with Crippen LogP contribution < -0.4 is 0 Å². The van der Waals surface area contributed by atoms with Crippen molar-refractivity contribution in [1.82, 2.24) is 9.78 Å². The largest absolute Gasteiger partial charge is 0.272 e. The number of fused-ring (bicyclic) bond motifs is 1. The summed E-state index contributed by atoms with van der Waals surface area (Å²) in [5.41, 5.74) is 1.04. The number of benzene rings is 1. The Labute approximate surface area is 65.5 Å². The van der Waals surface area contributed by atoms with Crippen molar-refractivity contribution in [1.29, 1.82) is 0 Å². The molecule has 0 bridgehead atoms. The maximum Gasteiger partial charge on any atom is 0.0923 e. The van der Waals surface area contributed by atoms with E-state index in [9.17, 15) is 0 Å². The quantitative estimate of drug-likeness (QED) is 0.599. The molecule has 0 N–H and O–H groups in total. The lowest BCUT2D eigenvalue weighted by molar-refractivity contribution is 0.709. The summed E-state index contributed by atoms with van der Waals surface area (Å²) < 4.78 is 1.84. The van der Waals surface area contributed by atoms with E-state index in [2.05, 4.69) is 18.1 Å². The standard InChI is InChI=1S/C9H9N2/c1-2-11-7-8-5-3-4-6-9(8)10-11/h3-7H,1-2H2. The lowest BCUT2D eigenvalue weighted by Gasteiger charge is -1.88. The van der Waals surface area contributed by atoms with E-state index in [1.165, 1.54) is 5.39 Å². The molecule has 0 spiro atoms. The molecule has 0 aliphatic carbocycles. The number of rotatable bonds is 1. The topological polar surface area (TPSA) is 17.8 Å². The summed E-state index contributed by atoms with van der Waals surface area (Å²) in [6.07, 6.45) is 2.00. The van der Waals surface area contributed by atoms with Gasteiger partial charge in [-0.1, -0.05) is 18.2 Å². The molecule has 2 nitrogen and oxygen atoms in total. The highest BCUT2D eigenvalue weighted by molar-refractivity contribution is 5.77. The molecule has 0 atom stereocenters. The molecule has 0 amide bonds. The zero-order valence-electron chi connectivity index (χ0n) is 6.20. The van der Waals surface area contributed by atoms with Crippen LogP contribution >= 0.6 is 0 Å². The van der Waals surface area contributed by atoms with Crippen LogP contribution in [0.3, 0.4) is 0 Å². The van der Waals surface area contributed by atoms with Crippen LogP contribution in [0, 0.1) is 6.92 Å². The van der Waals surface area contributed by atoms with Crippen LogP contribution in [-0.4, -0.2) is 9.78 Å². The smallest absolute Gasteiger partial charge is 0.0923 e. The minimum absolute atomic E-state index is 0.689. The van der Waals surface area contributed by atoms with Gasteiger partial charge in [-0.05, 0) is 13.0 Å². The lowest BCUT2D eigenvalue weighted by Crippen LogP contribution is -1.92. The average Bonchev–Trinajstić information content (AvgIpc) is 2.46. The molecule has 0 saturated carbocycles. The van der Waals surface area contributed by atoms with E-state index in [0.717, 1.165) is 5.52 Å². The fraction of sp³-hybridized carbons (Fsp3) is 0.111. The molecule has 1 aromatic carbocycles. The Hall–Kier alpha value is -1.31. The number of aromatic nitrogens is 2. The van der Waals surface area contributed by atoms with Crippen molar-refractivity contribution in [3.63, 3.8) is 0 Å². The van der Waals surface area contributed by atoms with E-state index in [-0.39, 0.29) is 0 Å². The summed E-state index contributed by atoms with van der Waals surface area (Å²) in [4.78, 5) is 0. The highest BCUT2D eigenvalue weighted by Crippen LogP contribution is 2.09. The van der Waals surface area contributed by atoms with Crippen LogP contribution in [0.5, 0.6) is 0 Å².